The first-order chi connectivity index (χ1) is 2.77. The van der Waals surface area contributed by atoms with Crippen LogP contribution in [0.3, 0.4) is 0 Å². The highest BCUT2D eigenvalue weighted by Gasteiger charge is 1.86. The Labute approximate surface area is 46.6 Å². The smallest absolute Gasteiger partial charge is 0.197 e. The second-order valence-corrected chi connectivity index (χ2v) is 1.99. The van der Waals surface area contributed by atoms with Crippen LogP contribution in [0.4, 0.5) is 0 Å². The molecular weight excluding hydrogens is 143 g/mol. The SMILES string of the molecule is BCCC(=O)Br. The van der Waals surface area contributed by atoms with Crippen LogP contribution in [-0.4, -0.2) is 12.5 Å². The van der Waals surface area contributed by atoms with Crippen LogP contribution in [0.5, 0.6) is 0 Å². The third kappa shape index (κ3) is 4.21. The molecule has 3 heteroatoms. The number of halogens is 1. The molecule has 0 saturated heterocycles. The van der Waals surface area contributed by atoms with Gasteiger partial charge in [0.2, 0.25) is 0 Å². The first-order valence-electron chi connectivity index (χ1n) is 1.95. The van der Waals surface area contributed by atoms with Crippen molar-refractivity contribution in [1.82, 2.24) is 0 Å². The van der Waals surface area contributed by atoms with Gasteiger partial charge in [-0.2, -0.15) is 0 Å². The summed E-state index contributed by atoms with van der Waals surface area (Å²) in [5.74, 6) is 0. The van der Waals surface area contributed by atoms with Crippen molar-refractivity contribution in [2.75, 3.05) is 0 Å². The zero-order valence-electron chi connectivity index (χ0n) is 3.70. The van der Waals surface area contributed by atoms with Gasteiger partial charge >= 0.3 is 0 Å². The van der Waals surface area contributed by atoms with Gasteiger partial charge in [-0.25, -0.2) is 0 Å². The number of rotatable bonds is 2. The lowest BCUT2D eigenvalue weighted by atomic mass is 10.0. The molecular formula is C3H6BBrO. The molecule has 0 unspecified atom stereocenters. The van der Waals surface area contributed by atoms with E-state index in [9.17, 15) is 4.79 Å². The van der Waals surface area contributed by atoms with Crippen LogP contribution in [0.2, 0.25) is 6.32 Å². The van der Waals surface area contributed by atoms with Gasteiger partial charge in [-0.3, -0.25) is 4.79 Å². The molecule has 0 rings (SSSR count). The van der Waals surface area contributed by atoms with Crippen LogP contribution < -0.4 is 0 Å². The van der Waals surface area contributed by atoms with Crippen molar-refractivity contribution in [3.63, 3.8) is 0 Å². The molecule has 0 N–H and O–H groups in total. The van der Waals surface area contributed by atoms with Crippen LogP contribution in [0.1, 0.15) is 6.42 Å². The number of hydrogen-bond acceptors (Lipinski definition) is 1. The fourth-order valence-electron chi connectivity index (χ4n) is 0.197. The van der Waals surface area contributed by atoms with E-state index < -0.39 is 0 Å². The topological polar surface area (TPSA) is 17.1 Å². The van der Waals surface area contributed by atoms with E-state index in [1.807, 2.05) is 7.85 Å². The van der Waals surface area contributed by atoms with Gasteiger partial charge < -0.3 is 0 Å². The van der Waals surface area contributed by atoms with Gasteiger partial charge in [-0.05, 0) is 15.9 Å². The third-order valence-corrected chi connectivity index (χ3v) is 0.843. The van der Waals surface area contributed by atoms with Crippen molar-refractivity contribution in [3.05, 3.63) is 0 Å². The standard InChI is InChI=1S/C3H6BBrO/c4-2-1-3(5)6/h1-2,4H2. The van der Waals surface area contributed by atoms with Crippen LogP contribution in [-0.2, 0) is 4.79 Å². The lowest BCUT2D eigenvalue weighted by Crippen LogP contribution is -1.80. The fraction of sp³-hybridized carbons (Fsp3) is 0.667. The summed E-state index contributed by atoms with van der Waals surface area (Å²) in [6.07, 6.45) is 1.59. The molecule has 1 nitrogen and oxygen atoms in total. The summed E-state index contributed by atoms with van der Waals surface area (Å²) in [4.78, 5) is 9.96. The maximum Gasteiger partial charge on any atom is 0.197 e. The predicted molar refractivity (Wildman–Crippen MR) is 31.9 cm³/mol. The van der Waals surface area contributed by atoms with E-state index >= 15 is 0 Å². The molecule has 0 fully saturated rings. The summed E-state index contributed by atoms with van der Waals surface area (Å²) < 4.78 is 0.102. The Balaban J connectivity index is 2.83. The molecule has 0 amide bonds. The van der Waals surface area contributed by atoms with Crippen molar-refractivity contribution in [2.24, 2.45) is 0 Å². The Morgan fingerprint density at radius 3 is 2.33 bits per heavy atom. The summed E-state index contributed by atoms with van der Waals surface area (Å²) in [6.45, 7) is 0. The molecule has 0 aliphatic carbocycles. The summed E-state index contributed by atoms with van der Waals surface area (Å²) >= 11 is 2.80. The number of carbonyl (C=O) groups excluding carboxylic acids is 1. The van der Waals surface area contributed by atoms with Gasteiger partial charge in [-0.1, -0.05) is 6.32 Å². The van der Waals surface area contributed by atoms with Crippen LogP contribution in [0.15, 0.2) is 0 Å². The Hall–Kier alpha value is 0.215. The zero-order valence-corrected chi connectivity index (χ0v) is 5.29. The van der Waals surface area contributed by atoms with Crippen molar-refractivity contribution < 1.29 is 4.79 Å². The van der Waals surface area contributed by atoms with E-state index in [2.05, 4.69) is 15.9 Å². The van der Waals surface area contributed by atoms with E-state index in [1.54, 1.807) is 0 Å². The molecule has 0 spiro atoms. The summed E-state index contributed by atoms with van der Waals surface area (Å²) in [5, 5.41) is 0. The van der Waals surface area contributed by atoms with Gasteiger partial charge in [0, 0.05) is 6.42 Å². The van der Waals surface area contributed by atoms with E-state index in [0.29, 0.717) is 6.42 Å². The Bertz CT molecular complexity index is 54.8. The van der Waals surface area contributed by atoms with Gasteiger partial charge in [0.25, 0.3) is 0 Å². The molecule has 0 heterocycles. The molecule has 0 saturated carbocycles. The molecule has 6 heavy (non-hydrogen) atoms. The minimum Gasteiger partial charge on any atom is -0.287 e. The second-order valence-electron chi connectivity index (χ2n) is 1.11. The van der Waals surface area contributed by atoms with Crippen molar-refractivity contribution in [2.45, 2.75) is 12.7 Å². The Kier molecular flexibility index (Phi) is 3.53. The molecule has 0 aromatic heterocycles. The van der Waals surface area contributed by atoms with Gasteiger partial charge in [0.05, 0.1) is 0 Å². The molecule has 0 aromatic rings. The molecule has 0 aromatic carbocycles. The number of hydrogen-bond donors (Lipinski definition) is 0. The maximum absolute atomic E-state index is 9.96. The largest absolute Gasteiger partial charge is 0.287 e. The van der Waals surface area contributed by atoms with Crippen molar-refractivity contribution in [1.29, 1.82) is 0 Å². The normalized spacial score (nSPS) is 8.17. The average Bonchev–Trinajstić information content (AvgIpc) is 1.35. The molecule has 0 aliphatic rings. The maximum atomic E-state index is 9.96. The van der Waals surface area contributed by atoms with Crippen molar-refractivity contribution in [3.8, 4) is 0 Å². The molecule has 0 aliphatic heterocycles. The summed E-state index contributed by atoms with van der Waals surface area (Å²) in [6, 6.07) is 0. The van der Waals surface area contributed by atoms with Crippen LogP contribution >= 0.6 is 15.9 Å². The minimum absolute atomic E-state index is 0.102. The molecule has 34 valence electrons. The van der Waals surface area contributed by atoms with Gasteiger partial charge in [-0.15, -0.1) is 0 Å². The first-order valence-corrected chi connectivity index (χ1v) is 2.75. The van der Waals surface area contributed by atoms with Gasteiger partial charge in [0.15, 0.2) is 4.69 Å². The predicted octanol–water partition coefficient (Wildman–Crippen LogP) is 0.349. The van der Waals surface area contributed by atoms with E-state index in [4.69, 9.17) is 0 Å². The monoisotopic (exact) mass is 148 g/mol. The lowest BCUT2D eigenvalue weighted by molar-refractivity contribution is -0.110. The molecule has 0 radical (unpaired) electrons. The third-order valence-electron chi connectivity index (χ3n) is 0.447. The van der Waals surface area contributed by atoms with Crippen LogP contribution in [0, 0.1) is 0 Å². The quantitative estimate of drug-likeness (QED) is 0.408. The highest BCUT2D eigenvalue weighted by molar-refractivity contribution is 9.18. The first kappa shape index (κ1) is 6.21. The minimum atomic E-state index is 0.102. The number of carbonyl (C=O) groups is 1. The summed E-state index contributed by atoms with van der Waals surface area (Å²) in [7, 11) is 1.97. The molecule has 0 atom stereocenters. The molecule has 0 bridgehead atoms. The Morgan fingerprint density at radius 2 is 2.33 bits per heavy atom. The van der Waals surface area contributed by atoms with Gasteiger partial charge in [0.1, 0.15) is 7.85 Å². The zero-order chi connectivity index (χ0) is 4.99. The Morgan fingerprint density at radius 1 is 1.83 bits per heavy atom. The van der Waals surface area contributed by atoms with E-state index in [-0.39, 0.29) is 4.69 Å². The fourth-order valence-corrected chi connectivity index (χ4v) is 0.593. The van der Waals surface area contributed by atoms with E-state index in [1.165, 1.54) is 0 Å². The highest BCUT2D eigenvalue weighted by atomic mass is 79.9. The van der Waals surface area contributed by atoms with Crippen molar-refractivity contribution >= 4 is 28.5 Å². The average molecular weight is 149 g/mol. The summed E-state index contributed by atoms with van der Waals surface area (Å²) in [5.41, 5.74) is 0. The lowest BCUT2D eigenvalue weighted by Gasteiger charge is -1.78. The van der Waals surface area contributed by atoms with Crippen LogP contribution in [0.25, 0.3) is 0 Å². The highest BCUT2D eigenvalue weighted by Crippen LogP contribution is 1.92. The second kappa shape index (κ2) is 3.41. The van der Waals surface area contributed by atoms with E-state index in [0.717, 1.165) is 6.32 Å².